The predicted molar refractivity (Wildman–Crippen MR) is 151 cm³/mol. The van der Waals surface area contributed by atoms with Crippen LogP contribution in [0.3, 0.4) is 0 Å². The molecule has 0 spiro atoms. The van der Waals surface area contributed by atoms with Crippen LogP contribution in [-0.2, 0) is 0 Å². The Morgan fingerprint density at radius 3 is 1.73 bits per heavy atom. The Kier molecular flexibility index (Phi) is 6.04. The zero-order valence-electron chi connectivity index (χ0n) is 20.5. The van der Waals surface area contributed by atoms with Crippen LogP contribution in [0.1, 0.15) is 27.9 Å². The van der Waals surface area contributed by atoms with Crippen molar-refractivity contribution in [2.75, 3.05) is 0 Å². The van der Waals surface area contributed by atoms with Crippen molar-refractivity contribution in [3.05, 3.63) is 167 Å². The Hall–Kier alpha value is -4.98. The average molecular weight is 476 g/mol. The van der Waals surface area contributed by atoms with Crippen LogP contribution in [0.25, 0.3) is 28.2 Å². The number of imidazole rings is 1. The van der Waals surface area contributed by atoms with E-state index in [4.69, 9.17) is 4.98 Å². The van der Waals surface area contributed by atoms with Crippen molar-refractivity contribution in [3.8, 4) is 11.3 Å². The largest absolute Gasteiger partial charge is 0.282 e. The van der Waals surface area contributed by atoms with E-state index in [0.29, 0.717) is 5.78 Å². The molecule has 0 atom stereocenters. The van der Waals surface area contributed by atoms with E-state index in [2.05, 4.69) is 119 Å². The number of benzene rings is 4. The summed E-state index contributed by atoms with van der Waals surface area (Å²) in [4.78, 5) is 9.57. The van der Waals surface area contributed by atoms with Gasteiger partial charge in [-0.2, -0.15) is 0 Å². The molecule has 2 aromatic heterocycles. The zero-order valence-corrected chi connectivity index (χ0v) is 20.5. The fraction of sp³-hybridized carbons (Fsp3) is 0.0294. The molecule has 0 aliphatic carbocycles. The number of aryl methyl sites for hydroxylation is 1. The summed E-state index contributed by atoms with van der Waals surface area (Å²) < 4.78 is 2.07. The van der Waals surface area contributed by atoms with Gasteiger partial charge >= 0.3 is 0 Å². The number of hydrogen-bond acceptors (Lipinski definition) is 2. The summed E-state index contributed by atoms with van der Waals surface area (Å²) >= 11 is 0. The first-order valence-corrected chi connectivity index (χ1v) is 12.4. The van der Waals surface area contributed by atoms with Gasteiger partial charge in [-0.1, -0.05) is 121 Å². The molecule has 3 nitrogen and oxygen atoms in total. The topological polar surface area (TPSA) is 30.2 Å². The molecule has 0 saturated carbocycles. The van der Waals surface area contributed by atoms with Crippen LogP contribution < -0.4 is 0 Å². The lowest BCUT2D eigenvalue weighted by Gasteiger charge is -2.11. The molecule has 0 aliphatic heterocycles. The van der Waals surface area contributed by atoms with Crippen LogP contribution in [0.15, 0.2) is 139 Å². The molecule has 0 aliphatic rings. The van der Waals surface area contributed by atoms with Crippen molar-refractivity contribution in [2.45, 2.75) is 6.92 Å². The molecule has 0 fully saturated rings. The molecule has 0 unspecified atom stereocenters. The summed E-state index contributed by atoms with van der Waals surface area (Å²) in [6.07, 6.45) is 3.81. The van der Waals surface area contributed by atoms with Crippen molar-refractivity contribution in [3.63, 3.8) is 0 Å². The van der Waals surface area contributed by atoms with E-state index < -0.39 is 0 Å². The maximum absolute atomic E-state index is 4.99. The smallest absolute Gasteiger partial charge is 0.234 e. The van der Waals surface area contributed by atoms with Gasteiger partial charge in [0.2, 0.25) is 5.78 Å². The van der Waals surface area contributed by atoms with E-state index in [-0.39, 0.29) is 0 Å². The molecule has 6 rings (SSSR count). The van der Waals surface area contributed by atoms with Crippen LogP contribution >= 0.6 is 0 Å². The Labute approximate surface area is 216 Å². The van der Waals surface area contributed by atoms with Gasteiger partial charge in [0.15, 0.2) is 0 Å². The van der Waals surface area contributed by atoms with Crippen LogP contribution in [-0.4, -0.2) is 14.4 Å². The van der Waals surface area contributed by atoms with Gasteiger partial charge in [0.25, 0.3) is 0 Å². The zero-order chi connectivity index (χ0) is 25.0. The third-order valence-corrected chi connectivity index (χ3v) is 6.40. The summed E-state index contributed by atoms with van der Waals surface area (Å²) in [5.41, 5.74) is 13.2. The molecule has 3 heteroatoms. The third-order valence-electron chi connectivity index (χ3n) is 6.40. The average Bonchev–Trinajstić information content (AvgIpc) is 3.35. The van der Waals surface area contributed by atoms with Gasteiger partial charge in [-0.25, -0.2) is 9.97 Å². The van der Waals surface area contributed by atoms with E-state index in [1.54, 1.807) is 6.20 Å². The highest BCUT2D eigenvalue weighted by Crippen LogP contribution is 2.34. The first-order chi connectivity index (χ1) is 18.3. The Morgan fingerprint density at radius 1 is 0.622 bits per heavy atom. The minimum Gasteiger partial charge on any atom is -0.282 e. The van der Waals surface area contributed by atoms with Gasteiger partial charge in [-0.15, -0.1) is 5.73 Å². The predicted octanol–water partition coefficient (Wildman–Crippen LogP) is 7.87. The second kappa shape index (κ2) is 9.94. The lowest BCUT2D eigenvalue weighted by Crippen LogP contribution is -1.97. The Bertz CT molecular complexity index is 1680. The molecule has 0 radical (unpaired) electrons. The summed E-state index contributed by atoms with van der Waals surface area (Å²) in [5, 5.41) is 0. The van der Waals surface area contributed by atoms with Gasteiger partial charge in [0.1, 0.15) is 0 Å². The monoisotopic (exact) mass is 475 g/mol. The van der Waals surface area contributed by atoms with E-state index in [0.717, 1.165) is 44.8 Å². The number of nitrogens with zero attached hydrogens (tertiary/aromatic N) is 3. The van der Waals surface area contributed by atoms with Gasteiger partial charge in [-0.05, 0) is 29.7 Å². The maximum Gasteiger partial charge on any atom is 0.234 e. The lowest BCUT2D eigenvalue weighted by molar-refractivity contribution is 1.09. The molecular formula is C34H25N3. The Balaban J connectivity index is 1.76. The van der Waals surface area contributed by atoms with Crippen LogP contribution in [0.4, 0.5) is 0 Å². The van der Waals surface area contributed by atoms with Gasteiger partial charge < -0.3 is 0 Å². The van der Waals surface area contributed by atoms with E-state index in [1.165, 1.54) is 5.56 Å². The van der Waals surface area contributed by atoms with E-state index >= 15 is 0 Å². The van der Waals surface area contributed by atoms with Crippen molar-refractivity contribution >= 4 is 16.9 Å². The molecule has 37 heavy (non-hydrogen) atoms. The van der Waals surface area contributed by atoms with E-state index in [9.17, 15) is 0 Å². The number of fused-ring (bicyclic) bond motifs is 1. The van der Waals surface area contributed by atoms with Crippen molar-refractivity contribution in [1.29, 1.82) is 0 Å². The molecule has 2 heterocycles. The van der Waals surface area contributed by atoms with Gasteiger partial charge in [-0.3, -0.25) is 4.40 Å². The molecule has 0 bridgehead atoms. The van der Waals surface area contributed by atoms with Gasteiger partial charge in [0.05, 0.1) is 17.0 Å². The fourth-order valence-corrected chi connectivity index (χ4v) is 4.56. The standard InChI is InChI=1S/C34H25N3/c1-25-18-20-29(21-19-25)32-33(37-23-11-22-35-34(37)36-32)31(28-16-9-4-10-17-28)24-30(26-12-5-2-6-13-26)27-14-7-3-8-15-27/h2-23H,1H3. The highest BCUT2D eigenvalue weighted by Gasteiger charge is 2.20. The fourth-order valence-electron chi connectivity index (χ4n) is 4.56. The quantitative estimate of drug-likeness (QED) is 0.238. The molecule has 0 saturated heterocycles. The number of rotatable bonds is 5. The maximum atomic E-state index is 4.99. The Morgan fingerprint density at radius 2 is 1.16 bits per heavy atom. The minimum absolute atomic E-state index is 0.657. The molecule has 4 aromatic carbocycles. The van der Waals surface area contributed by atoms with Crippen molar-refractivity contribution in [2.24, 2.45) is 0 Å². The SMILES string of the molecule is Cc1ccc(-c2nc3ncccn3c2C(=C=C(c2ccccc2)c2ccccc2)c2ccccc2)cc1. The van der Waals surface area contributed by atoms with Crippen LogP contribution in [0.2, 0.25) is 0 Å². The normalized spacial score (nSPS) is 10.7. The number of aromatic nitrogens is 3. The van der Waals surface area contributed by atoms with Crippen LogP contribution in [0, 0.1) is 6.92 Å². The summed E-state index contributed by atoms with van der Waals surface area (Å²) in [6.45, 7) is 2.10. The van der Waals surface area contributed by atoms with E-state index in [1.807, 2.05) is 30.5 Å². The molecule has 0 amide bonds. The second-order valence-corrected chi connectivity index (χ2v) is 8.94. The van der Waals surface area contributed by atoms with Crippen LogP contribution in [0.5, 0.6) is 0 Å². The molecule has 0 N–H and O–H groups in total. The van der Waals surface area contributed by atoms with Crippen molar-refractivity contribution in [1.82, 2.24) is 14.4 Å². The highest BCUT2D eigenvalue weighted by atomic mass is 15.1. The first-order valence-electron chi connectivity index (χ1n) is 12.4. The first kappa shape index (κ1) is 22.5. The van der Waals surface area contributed by atoms with Gasteiger partial charge in [0, 0.05) is 23.5 Å². The molecule has 6 aromatic rings. The molecule has 176 valence electrons. The van der Waals surface area contributed by atoms with Crippen molar-refractivity contribution < 1.29 is 0 Å². The second-order valence-electron chi connectivity index (χ2n) is 8.94. The summed E-state index contributed by atoms with van der Waals surface area (Å²) in [6, 6.07) is 41.8. The number of hydrogen-bond donors (Lipinski definition) is 0. The molecular weight excluding hydrogens is 450 g/mol. The highest BCUT2D eigenvalue weighted by molar-refractivity contribution is 5.92. The third kappa shape index (κ3) is 4.52. The summed E-state index contributed by atoms with van der Waals surface area (Å²) in [5.74, 6) is 0.657. The minimum atomic E-state index is 0.657. The lowest BCUT2D eigenvalue weighted by atomic mass is 9.94. The summed E-state index contributed by atoms with van der Waals surface area (Å²) in [7, 11) is 0.